The van der Waals surface area contributed by atoms with Gasteiger partial charge in [-0.05, 0) is 59.6 Å². The molecule has 16 nitrogen and oxygen atoms in total. The molecule has 5 N–H and O–H groups in total. The molecule has 2 unspecified atom stereocenters. The van der Waals surface area contributed by atoms with Gasteiger partial charge in [0.05, 0.1) is 52.5 Å². The summed E-state index contributed by atoms with van der Waals surface area (Å²) in [6, 6.07) is 6.41. The molecule has 5 heterocycles. The molecule has 0 amide bonds. The van der Waals surface area contributed by atoms with Gasteiger partial charge in [0.2, 0.25) is 10.0 Å². The highest BCUT2D eigenvalue weighted by molar-refractivity contribution is 7.89. The van der Waals surface area contributed by atoms with E-state index in [1.807, 2.05) is 27.7 Å². The van der Waals surface area contributed by atoms with E-state index in [4.69, 9.17) is 37.9 Å². The van der Waals surface area contributed by atoms with E-state index in [1.165, 1.54) is 19.2 Å². The van der Waals surface area contributed by atoms with Crippen molar-refractivity contribution in [3.8, 4) is 0 Å². The molecule has 17 heteroatoms. The number of methoxy groups -OCH3 is 1. The zero-order chi connectivity index (χ0) is 42.0. The van der Waals surface area contributed by atoms with Crippen molar-refractivity contribution in [1.82, 2.24) is 4.72 Å². The van der Waals surface area contributed by atoms with E-state index in [0.29, 0.717) is 12.8 Å². The molecule has 0 aromatic heterocycles. The van der Waals surface area contributed by atoms with Crippen molar-refractivity contribution in [2.75, 3.05) is 7.11 Å². The van der Waals surface area contributed by atoms with E-state index >= 15 is 0 Å². The van der Waals surface area contributed by atoms with Crippen LogP contribution in [-0.2, 0) is 52.7 Å². The number of nitrogens with one attached hydrogen (secondary N) is 1. The normalized spacial score (nSPS) is 49.5. The zero-order valence-corrected chi connectivity index (χ0v) is 35.4. The topological polar surface area (TPSA) is 218 Å². The van der Waals surface area contributed by atoms with Crippen molar-refractivity contribution in [3.63, 3.8) is 0 Å². The quantitative estimate of drug-likeness (QED) is 0.226. The van der Waals surface area contributed by atoms with Gasteiger partial charge in [0.15, 0.2) is 24.7 Å². The van der Waals surface area contributed by atoms with Crippen molar-refractivity contribution in [2.45, 2.75) is 183 Å². The van der Waals surface area contributed by atoms with Crippen LogP contribution >= 0.6 is 0 Å². The number of benzene rings is 1. The van der Waals surface area contributed by atoms with E-state index in [1.54, 1.807) is 52.8 Å². The van der Waals surface area contributed by atoms with E-state index in [9.17, 15) is 33.6 Å². The first kappa shape index (κ1) is 44.7. The van der Waals surface area contributed by atoms with Gasteiger partial charge in [-0.25, -0.2) is 13.1 Å². The lowest BCUT2D eigenvalue weighted by molar-refractivity contribution is -0.353. The maximum absolute atomic E-state index is 14.3. The van der Waals surface area contributed by atoms with Gasteiger partial charge in [-0.1, -0.05) is 45.9 Å². The maximum Gasteiger partial charge on any atom is 0.311 e. The van der Waals surface area contributed by atoms with Gasteiger partial charge in [-0.3, -0.25) is 4.79 Å². The maximum atomic E-state index is 14.3. The number of hydrogen-bond acceptors (Lipinski definition) is 15. The number of hydrogen-bond donors (Lipinski definition) is 5. The Kier molecular flexibility index (Phi) is 12.7. The van der Waals surface area contributed by atoms with Crippen LogP contribution in [0.3, 0.4) is 0 Å². The molecule has 1 aromatic carbocycles. The summed E-state index contributed by atoms with van der Waals surface area (Å²) in [6.45, 7) is 16.1. The fraction of sp³-hybridized carbons (Fsp3) is 0.825. The summed E-state index contributed by atoms with van der Waals surface area (Å²) >= 11 is 0. The molecule has 6 rings (SSSR count). The molecule has 5 aliphatic rings. The Morgan fingerprint density at radius 3 is 2.21 bits per heavy atom. The number of aliphatic hydroxyl groups excluding tert-OH is 4. The van der Waals surface area contributed by atoms with Crippen molar-refractivity contribution >= 4 is 16.0 Å². The second-order valence-corrected chi connectivity index (χ2v) is 19.3. The van der Waals surface area contributed by atoms with E-state index in [2.05, 4.69) is 4.72 Å². The molecule has 0 radical (unpaired) electrons. The lowest BCUT2D eigenvalue weighted by Gasteiger charge is -2.49. The largest absolute Gasteiger partial charge is 0.459 e. The molecule has 0 aliphatic carbocycles. The predicted molar refractivity (Wildman–Crippen MR) is 201 cm³/mol. The third-order valence-corrected chi connectivity index (χ3v) is 15.0. The fourth-order valence-electron chi connectivity index (χ4n) is 10.1. The number of cyclic esters (lactones) is 1. The standard InChI is InChI=1S/C40H63NO15S/c1-11-27-39(9)32(44)23(5)40(56-39)20(2)18-38(8,55-40)34(54-36-30(43)26(17-28(42)52-36)41-57(47,48)25-15-13-12-14-16-25)21(3)31(22(4)35(46)51-27)53-29-19-37(7,49-10)33(45)24(6)50-29/h12-16,20-24,26-34,36,41-45H,11,17-19H2,1-10H3/t20?,21-,22+,23+,24-,26-,27+,28-,29-,30+,31-,32+,33-,34+,36-,37+,38+,39-,40?/m0/s1. The summed E-state index contributed by atoms with van der Waals surface area (Å²) in [6.07, 6.45) is -11.1. The van der Waals surface area contributed by atoms with Crippen molar-refractivity contribution in [3.05, 3.63) is 30.3 Å². The first-order valence-electron chi connectivity index (χ1n) is 20.1. The minimum atomic E-state index is -4.14. The molecule has 1 spiro atoms. The molecule has 0 saturated carbocycles. The van der Waals surface area contributed by atoms with Crippen LogP contribution < -0.4 is 4.72 Å². The van der Waals surface area contributed by atoms with Crippen LogP contribution in [0.2, 0.25) is 0 Å². The number of aliphatic hydroxyl groups is 4. The SMILES string of the molecule is CC[C@H]1OC(=O)[C@H](C)[C@@H](O[C@H]2C[C@@](C)(OC)[C@@H](O)[C@H](C)O2)[C@H](C)[C@@H](O[C@@H]2O[C@H](O)C[C@H](NS(=O)(=O)c3ccccc3)[C@H]2O)[C@@]2(C)CC(C)C3(O[C@]1(C)[C@H](O)[C@H]3C)O2. The van der Waals surface area contributed by atoms with E-state index < -0.39 is 124 Å². The molecule has 5 aliphatic heterocycles. The second-order valence-electron chi connectivity index (χ2n) is 17.6. The minimum absolute atomic E-state index is 0.0304. The van der Waals surface area contributed by atoms with Gasteiger partial charge in [0, 0.05) is 37.7 Å². The van der Waals surface area contributed by atoms with Crippen LogP contribution in [0, 0.1) is 23.7 Å². The van der Waals surface area contributed by atoms with Gasteiger partial charge >= 0.3 is 5.97 Å². The summed E-state index contributed by atoms with van der Waals surface area (Å²) in [5.74, 6) is -4.76. The number of sulfonamides is 1. The van der Waals surface area contributed by atoms with Gasteiger partial charge in [-0.15, -0.1) is 0 Å². The second kappa shape index (κ2) is 16.2. The molecule has 19 atom stereocenters. The third kappa shape index (κ3) is 7.95. The van der Waals surface area contributed by atoms with Gasteiger partial charge in [0.1, 0.15) is 23.9 Å². The molecule has 5 fully saturated rings. The van der Waals surface area contributed by atoms with E-state index in [0.717, 1.165) is 0 Å². The highest BCUT2D eigenvalue weighted by Crippen LogP contribution is 2.59. The van der Waals surface area contributed by atoms with Gasteiger partial charge < -0.3 is 58.3 Å². The van der Waals surface area contributed by atoms with Crippen LogP contribution in [0.1, 0.15) is 88.0 Å². The van der Waals surface area contributed by atoms with Crippen molar-refractivity contribution < 1.29 is 71.5 Å². The first-order valence-corrected chi connectivity index (χ1v) is 21.6. The lowest BCUT2D eigenvalue weighted by atomic mass is 9.77. The Labute approximate surface area is 335 Å². The number of carbonyl (C=O) groups excluding carboxylic acids is 1. The fourth-order valence-corrected chi connectivity index (χ4v) is 11.4. The predicted octanol–water partition coefficient (Wildman–Crippen LogP) is 2.34. The third-order valence-electron chi connectivity index (χ3n) is 13.5. The molecule has 324 valence electrons. The number of carbonyl (C=O) groups is 1. The van der Waals surface area contributed by atoms with Crippen LogP contribution in [0.15, 0.2) is 35.2 Å². The van der Waals surface area contributed by atoms with Gasteiger partial charge in [0.25, 0.3) is 0 Å². The number of rotatable bonds is 9. The van der Waals surface area contributed by atoms with Gasteiger partial charge in [-0.2, -0.15) is 0 Å². The van der Waals surface area contributed by atoms with Crippen molar-refractivity contribution in [2.24, 2.45) is 23.7 Å². The number of esters is 1. The summed E-state index contributed by atoms with van der Waals surface area (Å²) in [7, 11) is -2.65. The Balaban J connectivity index is 1.42. The smallest absolute Gasteiger partial charge is 0.311 e. The molecular formula is C40H63NO15S. The first-order chi connectivity index (χ1) is 26.6. The van der Waals surface area contributed by atoms with Crippen LogP contribution in [0.5, 0.6) is 0 Å². The monoisotopic (exact) mass is 829 g/mol. The minimum Gasteiger partial charge on any atom is -0.459 e. The molecule has 5 saturated heterocycles. The van der Waals surface area contributed by atoms with Crippen LogP contribution in [-0.4, -0.2) is 132 Å². The summed E-state index contributed by atoms with van der Waals surface area (Å²) in [5, 5.41) is 45.5. The summed E-state index contributed by atoms with van der Waals surface area (Å²) < 4.78 is 80.6. The zero-order valence-electron chi connectivity index (χ0n) is 34.6. The Morgan fingerprint density at radius 1 is 0.912 bits per heavy atom. The number of ether oxygens (including phenoxy) is 8. The number of fused-ring (bicyclic) bond motifs is 2. The van der Waals surface area contributed by atoms with Crippen LogP contribution in [0.4, 0.5) is 0 Å². The highest BCUT2D eigenvalue weighted by atomic mass is 32.2. The molecule has 1 aromatic rings. The Morgan fingerprint density at radius 2 is 1.58 bits per heavy atom. The summed E-state index contributed by atoms with van der Waals surface area (Å²) in [5.41, 5.74) is -3.70. The Hall–Kier alpha value is -1.84. The molecule has 57 heavy (non-hydrogen) atoms. The van der Waals surface area contributed by atoms with Crippen molar-refractivity contribution in [1.29, 1.82) is 0 Å². The van der Waals surface area contributed by atoms with Crippen LogP contribution in [0.25, 0.3) is 0 Å². The summed E-state index contributed by atoms with van der Waals surface area (Å²) in [4.78, 5) is 14.3. The average molecular weight is 830 g/mol. The lowest BCUT2D eigenvalue weighted by Crippen LogP contribution is -2.61. The molecule has 3 bridgehead atoms. The average Bonchev–Trinajstić information content (AvgIpc) is 3.53. The highest BCUT2D eigenvalue weighted by Gasteiger charge is 2.71. The Bertz CT molecular complexity index is 1690. The van der Waals surface area contributed by atoms with E-state index in [-0.39, 0.29) is 23.7 Å². The molecular weight excluding hydrogens is 766 g/mol.